The molecular weight excluding hydrogens is 290 g/mol. The number of alkyl halides is 3. The first-order valence-electron chi connectivity index (χ1n) is 5.92. The van der Waals surface area contributed by atoms with Crippen LogP contribution in [-0.4, -0.2) is 4.98 Å². The van der Waals surface area contributed by atoms with Crippen molar-refractivity contribution in [1.82, 2.24) is 4.98 Å². The summed E-state index contributed by atoms with van der Waals surface area (Å²) in [6.45, 7) is 5.92. The van der Waals surface area contributed by atoms with Gasteiger partial charge in [0.1, 0.15) is 5.82 Å². The van der Waals surface area contributed by atoms with Crippen molar-refractivity contribution in [2.45, 2.75) is 32.4 Å². The summed E-state index contributed by atoms with van der Waals surface area (Å²) in [6, 6.07) is 2.94. The van der Waals surface area contributed by atoms with E-state index in [0.717, 1.165) is 17.1 Å². The Morgan fingerprint density at radius 2 is 1.75 bits per heavy atom. The van der Waals surface area contributed by atoms with Gasteiger partial charge in [-0.3, -0.25) is 0 Å². The van der Waals surface area contributed by atoms with Crippen LogP contribution >= 0.6 is 11.3 Å². The third-order valence-electron chi connectivity index (χ3n) is 2.71. The number of nitrogens with zero attached hydrogens (tertiary/aromatic N) is 1. The van der Waals surface area contributed by atoms with Gasteiger partial charge in [-0.2, -0.15) is 13.2 Å². The average molecular weight is 303 g/mol. The number of rotatable bonds is 1. The highest BCUT2D eigenvalue weighted by Gasteiger charge is 2.34. The van der Waals surface area contributed by atoms with E-state index < -0.39 is 17.6 Å². The van der Waals surface area contributed by atoms with E-state index in [1.54, 1.807) is 5.38 Å². The van der Waals surface area contributed by atoms with Gasteiger partial charge >= 0.3 is 6.18 Å². The largest absolute Gasteiger partial charge is 0.419 e. The highest BCUT2D eigenvalue weighted by atomic mass is 32.1. The second kappa shape index (κ2) is 4.84. The van der Waals surface area contributed by atoms with Crippen molar-refractivity contribution < 1.29 is 17.6 Å². The monoisotopic (exact) mass is 303 g/mol. The molecule has 108 valence electrons. The highest BCUT2D eigenvalue weighted by molar-refractivity contribution is 7.10. The Bertz CT molecular complexity index is 623. The van der Waals surface area contributed by atoms with Crippen molar-refractivity contribution in [3.05, 3.63) is 40.0 Å². The zero-order valence-electron chi connectivity index (χ0n) is 11.2. The number of hydrogen-bond donors (Lipinski definition) is 0. The van der Waals surface area contributed by atoms with Crippen molar-refractivity contribution in [3.63, 3.8) is 0 Å². The molecule has 2 rings (SSSR count). The summed E-state index contributed by atoms with van der Waals surface area (Å²) < 4.78 is 51.3. The first-order valence-corrected chi connectivity index (χ1v) is 6.80. The van der Waals surface area contributed by atoms with Crippen molar-refractivity contribution >= 4 is 11.3 Å². The molecule has 0 bridgehead atoms. The first kappa shape index (κ1) is 15.0. The number of halogens is 4. The predicted octanol–water partition coefficient (Wildman–Crippen LogP) is 5.27. The number of hydrogen-bond acceptors (Lipinski definition) is 2. The van der Waals surface area contributed by atoms with Crippen LogP contribution in [0.5, 0.6) is 0 Å². The number of thiazole rings is 1. The maximum atomic E-state index is 13.2. The van der Waals surface area contributed by atoms with Crippen LogP contribution in [0, 0.1) is 5.82 Å². The zero-order chi connectivity index (χ0) is 15.1. The van der Waals surface area contributed by atoms with Gasteiger partial charge in [-0.25, -0.2) is 9.37 Å². The van der Waals surface area contributed by atoms with Gasteiger partial charge in [0.2, 0.25) is 0 Å². The van der Waals surface area contributed by atoms with Crippen LogP contribution < -0.4 is 0 Å². The smallest absolute Gasteiger partial charge is 0.241 e. The van der Waals surface area contributed by atoms with Crippen LogP contribution in [0.4, 0.5) is 17.6 Å². The van der Waals surface area contributed by atoms with E-state index in [4.69, 9.17) is 0 Å². The maximum absolute atomic E-state index is 13.2. The van der Waals surface area contributed by atoms with E-state index in [1.807, 2.05) is 20.8 Å². The fraction of sp³-hybridized carbons (Fsp3) is 0.357. The quantitative estimate of drug-likeness (QED) is 0.654. The Labute approximate surface area is 118 Å². The molecule has 0 aliphatic carbocycles. The Morgan fingerprint density at radius 3 is 2.25 bits per heavy atom. The normalized spacial score (nSPS) is 12.8. The van der Waals surface area contributed by atoms with Crippen molar-refractivity contribution in [2.24, 2.45) is 0 Å². The molecule has 1 nitrogen and oxygen atoms in total. The summed E-state index contributed by atoms with van der Waals surface area (Å²) >= 11 is 1.38. The molecule has 6 heteroatoms. The van der Waals surface area contributed by atoms with Crippen molar-refractivity contribution in [3.8, 4) is 11.3 Å². The molecule has 0 saturated carbocycles. The van der Waals surface area contributed by atoms with E-state index in [9.17, 15) is 17.6 Å². The lowest BCUT2D eigenvalue weighted by molar-refractivity contribution is -0.139. The summed E-state index contributed by atoms with van der Waals surface area (Å²) in [5.74, 6) is -1.27. The molecule has 0 unspecified atom stereocenters. The number of aromatic nitrogens is 1. The zero-order valence-corrected chi connectivity index (χ0v) is 12.0. The Hall–Kier alpha value is -1.43. The molecule has 0 N–H and O–H groups in total. The highest BCUT2D eigenvalue weighted by Crippen LogP contribution is 2.35. The Morgan fingerprint density at radius 1 is 1.10 bits per heavy atom. The summed E-state index contributed by atoms with van der Waals surface area (Å²) in [6.07, 6.45) is -4.71. The van der Waals surface area contributed by atoms with E-state index in [2.05, 4.69) is 4.98 Å². The van der Waals surface area contributed by atoms with Gasteiger partial charge in [-0.1, -0.05) is 20.8 Å². The topological polar surface area (TPSA) is 12.9 Å². The lowest BCUT2D eigenvalue weighted by Crippen LogP contribution is -2.10. The third kappa shape index (κ3) is 3.00. The lowest BCUT2D eigenvalue weighted by Gasteiger charge is -2.13. The predicted molar refractivity (Wildman–Crippen MR) is 71.2 cm³/mol. The minimum Gasteiger partial charge on any atom is -0.241 e. The first-order chi connectivity index (χ1) is 9.09. The van der Waals surface area contributed by atoms with Gasteiger partial charge in [0.05, 0.1) is 16.3 Å². The third-order valence-corrected chi connectivity index (χ3v) is 3.98. The molecule has 20 heavy (non-hydrogen) atoms. The second-order valence-corrected chi connectivity index (χ2v) is 6.34. The van der Waals surface area contributed by atoms with Gasteiger partial charge in [0, 0.05) is 16.4 Å². The SMILES string of the molecule is CC(C)(C)c1nc(-c2ccc(F)c(C(F)(F)F)c2)cs1. The van der Waals surface area contributed by atoms with Crippen LogP contribution in [-0.2, 0) is 11.6 Å². The summed E-state index contributed by atoms with van der Waals surface area (Å²) in [4.78, 5) is 4.33. The maximum Gasteiger partial charge on any atom is 0.419 e. The van der Waals surface area contributed by atoms with Crippen LogP contribution in [0.3, 0.4) is 0 Å². The molecule has 0 spiro atoms. The van der Waals surface area contributed by atoms with E-state index in [0.29, 0.717) is 5.69 Å². The van der Waals surface area contributed by atoms with Gasteiger partial charge in [0.15, 0.2) is 0 Å². The van der Waals surface area contributed by atoms with Crippen molar-refractivity contribution in [1.29, 1.82) is 0 Å². The minimum atomic E-state index is -4.71. The van der Waals surface area contributed by atoms with E-state index in [-0.39, 0.29) is 11.0 Å². The number of benzene rings is 1. The molecule has 1 aromatic heterocycles. The fourth-order valence-corrected chi connectivity index (χ4v) is 2.57. The molecule has 0 fully saturated rings. The summed E-state index contributed by atoms with van der Waals surface area (Å²) in [7, 11) is 0. The molecule has 0 atom stereocenters. The molecule has 0 radical (unpaired) electrons. The van der Waals surface area contributed by atoms with Crippen LogP contribution in [0.25, 0.3) is 11.3 Å². The minimum absolute atomic E-state index is 0.171. The van der Waals surface area contributed by atoms with Gasteiger partial charge in [-0.05, 0) is 18.2 Å². The van der Waals surface area contributed by atoms with Gasteiger partial charge in [-0.15, -0.1) is 11.3 Å². The molecule has 0 amide bonds. The molecule has 0 aliphatic rings. The van der Waals surface area contributed by atoms with Crippen LogP contribution in [0.2, 0.25) is 0 Å². The van der Waals surface area contributed by atoms with E-state index >= 15 is 0 Å². The molecule has 0 aliphatic heterocycles. The lowest BCUT2D eigenvalue weighted by atomic mass is 9.98. The van der Waals surface area contributed by atoms with Gasteiger partial charge in [0.25, 0.3) is 0 Å². The van der Waals surface area contributed by atoms with Crippen molar-refractivity contribution in [2.75, 3.05) is 0 Å². The summed E-state index contributed by atoms with van der Waals surface area (Å²) in [5, 5.41) is 2.51. The van der Waals surface area contributed by atoms with Crippen LogP contribution in [0.15, 0.2) is 23.6 Å². The standard InChI is InChI=1S/C14H13F4NS/c1-13(2,3)12-19-11(7-20-12)8-4-5-10(15)9(6-8)14(16,17)18/h4-7H,1-3H3. The Balaban J connectivity index is 2.47. The Kier molecular flexibility index (Phi) is 3.62. The molecular formula is C14H13F4NS. The fourth-order valence-electron chi connectivity index (χ4n) is 1.65. The molecule has 1 heterocycles. The van der Waals surface area contributed by atoms with Gasteiger partial charge < -0.3 is 0 Å². The van der Waals surface area contributed by atoms with Crippen LogP contribution in [0.1, 0.15) is 31.3 Å². The molecule has 2 aromatic rings. The summed E-state index contributed by atoms with van der Waals surface area (Å²) in [5.41, 5.74) is -0.730. The molecule has 1 aromatic carbocycles. The molecule has 0 saturated heterocycles. The average Bonchev–Trinajstić information content (AvgIpc) is 2.77. The second-order valence-electron chi connectivity index (χ2n) is 5.48. The van der Waals surface area contributed by atoms with E-state index in [1.165, 1.54) is 17.4 Å².